The Morgan fingerprint density at radius 2 is 0.821 bits per heavy atom. The van der Waals surface area contributed by atoms with E-state index < -0.39 is 0 Å². The van der Waals surface area contributed by atoms with Crippen molar-refractivity contribution in [3.05, 3.63) is 193 Å². The van der Waals surface area contributed by atoms with E-state index in [4.69, 9.17) is 9.97 Å². The molecule has 0 aliphatic heterocycles. The summed E-state index contributed by atoms with van der Waals surface area (Å²) in [7, 11) is 0. The molecular weight excluding hydrogens is 679 g/mol. The van der Waals surface area contributed by atoms with Crippen LogP contribution >= 0.6 is 0 Å². The summed E-state index contributed by atoms with van der Waals surface area (Å²) in [4.78, 5) is 9.94. The van der Waals surface area contributed by atoms with Crippen molar-refractivity contribution in [3.8, 4) is 84.5 Å². The zero-order valence-electron chi connectivity index (χ0n) is 31.1. The topological polar surface area (TPSA) is 49.6 Å². The highest BCUT2D eigenvalue weighted by Gasteiger charge is 2.44. The molecule has 56 heavy (non-hydrogen) atoms. The minimum Gasteiger partial charge on any atom is -0.228 e. The highest BCUT2D eigenvalue weighted by atomic mass is 14.9. The third-order valence-corrected chi connectivity index (χ3v) is 12.0. The molecule has 0 N–H and O–H groups in total. The summed E-state index contributed by atoms with van der Waals surface area (Å²) >= 11 is 0. The first-order chi connectivity index (χ1) is 27.6. The van der Waals surface area contributed by atoms with E-state index in [9.17, 15) is 5.26 Å². The van der Waals surface area contributed by atoms with Gasteiger partial charge < -0.3 is 0 Å². The number of benzene rings is 7. The van der Waals surface area contributed by atoms with E-state index in [1.807, 2.05) is 42.5 Å². The second-order valence-corrected chi connectivity index (χ2v) is 15.2. The number of nitrogens with zero attached hydrogens (tertiary/aromatic N) is 3. The van der Waals surface area contributed by atoms with Gasteiger partial charge in [0.25, 0.3) is 0 Å². The van der Waals surface area contributed by atoms with Gasteiger partial charge in [0.05, 0.1) is 23.0 Å². The SMILES string of the molecule is N#Cc1ccc2c(c1)C1(CCCCC1)c1cc(-c3ccc(-c4ccc(-c5ccc(-c6cc(-c7ccccc7)nc(-c7ccccc7)n6)cc5)cc4)cc3)ccc1-2. The van der Waals surface area contributed by atoms with Crippen LogP contribution in [0.2, 0.25) is 0 Å². The van der Waals surface area contributed by atoms with Crippen molar-refractivity contribution in [1.29, 1.82) is 5.26 Å². The van der Waals surface area contributed by atoms with Gasteiger partial charge in [0.1, 0.15) is 0 Å². The van der Waals surface area contributed by atoms with Crippen molar-refractivity contribution in [1.82, 2.24) is 9.97 Å². The summed E-state index contributed by atoms with van der Waals surface area (Å²) in [5, 5.41) is 9.70. The lowest BCUT2D eigenvalue weighted by molar-refractivity contribution is 0.353. The molecule has 1 heterocycles. The van der Waals surface area contributed by atoms with Gasteiger partial charge in [0.2, 0.25) is 0 Å². The van der Waals surface area contributed by atoms with E-state index in [-0.39, 0.29) is 5.41 Å². The Hall–Kier alpha value is -6.89. The van der Waals surface area contributed by atoms with E-state index in [2.05, 4.69) is 140 Å². The van der Waals surface area contributed by atoms with Gasteiger partial charge in [0.15, 0.2) is 5.82 Å². The van der Waals surface area contributed by atoms with Crippen LogP contribution in [0.15, 0.2) is 176 Å². The molecular formula is C53H39N3. The van der Waals surface area contributed by atoms with Crippen LogP contribution in [0.25, 0.3) is 78.4 Å². The van der Waals surface area contributed by atoms with Crippen LogP contribution in [0.1, 0.15) is 48.8 Å². The van der Waals surface area contributed by atoms with Crippen LogP contribution in [0.4, 0.5) is 0 Å². The van der Waals surface area contributed by atoms with Crippen LogP contribution in [0.3, 0.4) is 0 Å². The lowest BCUT2D eigenvalue weighted by Crippen LogP contribution is -2.28. The summed E-state index contributed by atoms with van der Waals surface area (Å²) in [6.07, 6.45) is 6.05. The Balaban J connectivity index is 0.894. The molecule has 0 unspecified atom stereocenters. The number of fused-ring (bicyclic) bond motifs is 5. The maximum absolute atomic E-state index is 9.70. The molecule has 7 aromatic carbocycles. The van der Waals surface area contributed by atoms with Crippen LogP contribution < -0.4 is 0 Å². The van der Waals surface area contributed by atoms with Gasteiger partial charge in [-0.05, 0) is 92.7 Å². The zero-order chi connectivity index (χ0) is 37.5. The summed E-state index contributed by atoms with van der Waals surface area (Å²) in [6.45, 7) is 0. The molecule has 2 aliphatic carbocycles. The molecule has 1 spiro atoms. The molecule has 0 radical (unpaired) electrons. The molecule has 1 fully saturated rings. The average molecular weight is 718 g/mol. The second kappa shape index (κ2) is 14.1. The number of rotatable bonds is 6. The Kier molecular flexibility index (Phi) is 8.46. The fourth-order valence-corrected chi connectivity index (χ4v) is 9.05. The molecule has 266 valence electrons. The van der Waals surface area contributed by atoms with Gasteiger partial charge in [-0.25, -0.2) is 9.97 Å². The van der Waals surface area contributed by atoms with Crippen molar-refractivity contribution in [2.45, 2.75) is 37.5 Å². The summed E-state index contributed by atoms with van der Waals surface area (Å²) < 4.78 is 0. The lowest BCUT2D eigenvalue weighted by Gasteiger charge is -2.36. The zero-order valence-corrected chi connectivity index (χ0v) is 31.1. The molecule has 0 atom stereocenters. The highest BCUT2D eigenvalue weighted by Crippen LogP contribution is 2.56. The number of nitriles is 1. The number of hydrogen-bond acceptors (Lipinski definition) is 3. The van der Waals surface area contributed by atoms with Gasteiger partial charge in [-0.3, -0.25) is 0 Å². The summed E-state index contributed by atoms with van der Waals surface area (Å²) in [5.41, 5.74) is 18.4. The predicted molar refractivity (Wildman–Crippen MR) is 229 cm³/mol. The molecule has 10 rings (SSSR count). The predicted octanol–water partition coefficient (Wildman–Crippen LogP) is 13.6. The molecule has 1 saturated carbocycles. The fourth-order valence-electron chi connectivity index (χ4n) is 9.05. The average Bonchev–Trinajstić information content (AvgIpc) is 3.54. The van der Waals surface area contributed by atoms with Crippen LogP contribution in [0.5, 0.6) is 0 Å². The smallest absolute Gasteiger partial charge is 0.160 e. The van der Waals surface area contributed by atoms with Gasteiger partial charge in [-0.2, -0.15) is 5.26 Å². The van der Waals surface area contributed by atoms with Crippen molar-refractivity contribution in [2.24, 2.45) is 0 Å². The van der Waals surface area contributed by atoms with E-state index >= 15 is 0 Å². The summed E-state index contributed by atoms with van der Waals surface area (Å²) in [5.74, 6) is 0.719. The molecule has 0 amide bonds. The largest absolute Gasteiger partial charge is 0.228 e. The molecule has 0 bridgehead atoms. The Morgan fingerprint density at radius 1 is 0.393 bits per heavy atom. The molecule has 8 aromatic rings. The maximum atomic E-state index is 9.70. The monoisotopic (exact) mass is 717 g/mol. The lowest BCUT2D eigenvalue weighted by atomic mass is 9.67. The van der Waals surface area contributed by atoms with Gasteiger partial charge in [-0.15, -0.1) is 0 Å². The van der Waals surface area contributed by atoms with Crippen molar-refractivity contribution in [3.63, 3.8) is 0 Å². The molecule has 1 aromatic heterocycles. The van der Waals surface area contributed by atoms with E-state index in [0.29, 0.717) is 0 Å². The molecule has 0 saturated heterocycles. The van der Waals surface area contributed by atoms with E-state index in [0.717, 1.165) is 57.9 Å². The first-order valence-corrected chi connectivity index (χ1v) is 19.7. The first kappa shape index (κ1) is 33.7. The quantitative estimate of drug-likeness (QED) is 0.172. The third kappa shape index (κ3) is 6.01. The number of aromatic nitrogens is 2. The Labute approximate surface area is 328 Å². The minimum absolute atomic E-state index is 0.0154. The van der Waals surface area contributed by atoms with Crippen molar-refractivity contribution >= 4 is 0 Å². The second-order valence-electron chi connectivity index (χ2n) is 15.2. The van der Waals surface area contributed by atoms with Gasteiger partial charge in [-0.1, -0.05) is 171 Å². The van der Waals surface area contributed by atoms with Crippen molar-refractivity contribution < 1.29 is 0 Å². The maximum Gasteiger partial charge on any atom is 0.160 e. The van der Waals surface area contributed by atoms with Gasteiger partial charge in [0, 0.05) is 22.1 Å². The van der Waals surface area contributed by atoms with Crippen LogP contribution in [-0.4, -0.2) is 9.97 Å². The molecule has 3 nitrogen and oxygen atoms in total. The fraction of sp³-hybridized carbons (Fsp3) is 0.113. The normalized spacial score (nSPS) is 13.8. The standard InChI is InChI=1S/C53H39N3/c54-35-36-14-28-46-47-29-27-45(33-49(47)53(48(46)32-36)30-8-3-9-31-53)41-21-19-39(20-22-41)37-15-17-38(18-16-37)40-23-25-43(26-24-40)51-34-50(42-10-4-1-5-11-42)55-52(56-51)44-12-6-2-7-13-44/h1-2,4-7,10-29,32-34H,3,8-9,30-31H2. The minimum atomic E-state index is 0.0154. The Bertz CT molecular complexity index is 2680. The van der Waals surface area contributed by atoms with E-state index in [1.165, 1.54) is 69.3 Å². The number of hydrogen-bond donors (Lipinski definition) is 0. The van der Waals surface area contributed by atoms with Crippen LogP contribution in [-0.2, 0) is 5.41 Å². The molecule has 2 aliphatic rings. The first-order valence-electron chi connectivity index (χ1n) is 19.7. The van der Waals surface area contributed by atoms with Crippen molar-refractivity contribution in [2.75, 3.05) is 0 Å². The summed E-state index contributed by atoms with van der Waals surface area (Å²) in [6, 6.07) is 64.8. The van der Waals surface area contributed by atoms with Crippen LogP contribution in [0, 0.1) is 11.3 Å². The Morgan fingerprint density at radius 3 is 1.36 bits per heavy atom. The third-order valence-electron chi connectivity index (χ3n) is 12.0. The van der Waals surface area contributed by atoms with E-state index in [1.54, 1.807) is 0 Å². The highest BCUT2D eigenvalue weighted by molar-refractivity contribution is 5.85. The van der Waals surface area contributed by atoms with Gasteiger partial charge >= 0.3 is 0 Å². The molecule has 3 heteroatoms.